The Hall–Kier alpha value is -1.63. The summed E-state index contributed by atoms with van der Waals surface area (Å²) in [6.45, 7) is 3.65. The lowest BCUT2D eigenvalue weighted by molar-refractivity contribution is -0.147. The Labute approximate surface area is 106 Å². The van der Waals surface area contributed by atoms with Crippen LogP contribution < -0.4 is 11.1 Å². The van der Waals surface area contributed by atoms with Gasteiger partial charge >= 0.3 is 11.9 Å². The van der Waals surface area contributed by atoms with Gasteiger partial charge in [0.1, 0.15) is 6.04 Å². The molecule has 0 aromatic heterocycles. The van der Waals surface area contributed by atoms with E-state index in [0.717, 1.165) is 0 Å². The van der Waals surface area contributed by atoms with Crippen molar-refractivity contribution < 1.29 is 24.2 Å². The molecule has 0 saturated heterocycles. The lowest BCUT2D eigenvalue weighted by Crippen LogP contribution is -2.51. The molecule has 0 aromatic rings. The van der Waals surface area contributed by atoms with Crippen molar-refractivity contribution in [2.75, 3.05) is 7.11 Å². The second kappa shape index (κ2) is 7.65. The topological polar surface area (TPSA) is 119 Å². The summed E-state index contributed by atoms with van der Waals surface area (Å²) >= 11 is 0. The van der Waals surface area contributed by atoms with Gasteiger partial charge in [0.05, 0.1) is 19.6 Å². The molecule has 3 atom stereocenters. The van der Waals surface area contributed by atoms with Gasteiger partial charge in [-0.05, 0) is 5.92 Å². The van der Waals surface area contributed by atoms with E-state index in [1.165, 1.54) is 7.11 Å². The third kappa shape index (κ3) is 5.13. The minimum atomic E-state index is -1.18. The summed E-state index contributed by atoms with van der Waals surface area (Å²) in [4.78, 5) is 33.5. The van der Waals surface area contributed by atoms with Crippen molar-refractivity contribution in [3.05, 3.63) is 0 Å². The minimum Gasteiger partial charge on any atom is -0.481 e. The van der Waals surface area contributed by atoms with Gasteiger partial charge in [-0.15, -0.1) is 0 Å². The zero-order valence-corrected chi connectivity index (χ0v) is 10.8. The number of esters is 1. The first-order chi connectivity index (χ1) is 8.33. The Bertz CT molecular complexity index is 319. The Kier molecular flexibility index (Phi) is 6.96. The molecule has 0 saturated carbocycles. The van der Waals surface area contributed by atoms with Crippen LogP contribution in [0.25, 0.3) is 0 Å². The average molecular weight is 260 g/mol. The minimum absolute atomic E-state index is 0.126. The SMILES string of the molecule is CC[C@H](C)[C@H](NC(=O)[C@@H](N)CC(=O)O)C(=O)OC. The number of carbonyl (C=O) groups excluding carboxylic acids is 2. The number of aliphatic carboxylic acids is 1. The lowest BCUT2D eigenvalue weighted by atomic mass is 9.98. The molecule has 0 aliphatic heterocycles. The molecule has 0 spiro atoms. The first kappa shape index (κ1) is 16.4. The van der Waals surface area contributed by atoms with Crippen LogP contribution >= 0.6 is 0 Å². The molecule has 0 aliphatic rings. The fourth-order valence-electron chi connectivity index (χ4n) is 1.34. The van der Waals surface area contributed by atoms with E-state index >= 15 is 0 Å². The van der Waals surface area contributed by atoms with Crippen molar-refractivity contribution in [1.29, 1.82) is 0 Å². The quantitative estimate of drug-likeness (QED) is 0.530. The predicted octanol–water partition coefficient (Wildman–Crippen LogP) is -0.508. The fraction of sp³-hybridized carbons (Fsp3) is 0.727. The molecular formula is C11H20N2O5. The summed E-state index contributed by atoms with van der Waals surface area (Å²) in [5.74, 6) is -2.54. The number of carbonyl (C=O) groups is 3. The van der Waals surface area contributed by atoms with E-state index in [1.54, 1.807) is 6.92 Å². The number of amides is 1. The van der Waals surface area contributed by atoms with Gasteiger partial charge in [0.25, 0.3) is 0 Å². The van der Waals surface area contributed by atoms with E-state index in [4.69, 9.17) is 10.8 Å². The highest BCUT2D eigenvalue weighted by Gasteiger charge is 2.29. The van der Waals surface area contributed by atoms with E-state index in [1.807, 2.05) is 6.92 Å². The van der Waals surface area contributed by atoms with Gasteiger partial charge in [-0.25, -0.2) is 4.79 Å². The van der Waals surface area contributed by atoms with Crippen LogP contribution in [0.4, 0.5) is 0 Å². The van der Waals surface area contributed by atoms with Gasteiger partial charge in [-0.2, -0.15) is 0 Å². The maximum atomic E-state index is 11.6. The summed E-state index contributed by atoms with van der Waals surface area (Å²) in [5.41, 5.74) is 5.40. The normalized spacial score (nSPS) is 15.3. The smallest absolute Gasteiger partial charge is 0.328 e. The van der Waals surface area contributed by atoms with Crippen molar-refractivity contribution in [2.45, 2.75) is 38.8 Å². The van der Waals surface area contributed by atoms with E-state index in [-0.39, 0.29) is 5.92 Å². The summed E-state index contributed by atoms with van der Waals surface area (Å²) in [5, 5.41) is 10.9. The van der Waals surface area contributed by atoms with Crippen LogP contribution in [0.3, 0.4) is 0 Å². The van der Waals surface area contributed by atoms with E-state index in [9.17, 15) is 14.4 Å². The number of hydrogen-bond acceptors (Lipinski definition) is 5. The van der Waals surface area contributed by atoms with Gasteiger partial charge in [0.15, 0.2) is 0 Å². The zero-order chi connectivity index (χ0) is 14.3. The molecule has 0 bridgehead atoms. The average Bonchev–Trinajstić information content (AvgIpc) is 2.32. The van der Waals surface area contributed by atoms with Crippen molar-refractivity contribution in [1.82, 2.24) is 5.32 Å². The van der Waals surface area contributed by atoms with Crippen molar-refractivity contribution in [3.8, 4) is 0 Å². The van der Waals surface area contributed by atoms with E-state index < -0.39 is 36.4 Å². The van der Waals surface area contributed by atoms with Gasteiger partial charge in [-0.1, -0.05) is 20.3 Å². The molecule has 7 heteroatoms. The van der Waals surface area contributed by atoms with E-state index in [2.05, 4.69) is 10.1 Å². The molecule has 0 aromatic carbocycles. The Morgan fingerprint density at radius 3 is 2.33 bits per heavy atom. The molecule has 7 nitrogen and oxygen atoms in total. The molecule has 104 valence electrons. The number of rotatable bonds is 7. The highest BCUT2D eigenvalue weighted by atomic mass is 16.5. The van der Waals surface area contributed by atoms with Gasteiger partial charge in [-0.3, -0.25) is 9.59 Å². The molecule has 0 unspecified atom stereocenters. The van der Waals surface area contributed by atoms with Crippen LogP contribution in [0.1, 0.15) is 26.7 Å². The first-order valence-electron chi connectivity index (χ1n) is 5.69. The number of nitrogens with one attached hydrogen (secondary N) is 1. The molecule has 1 amide bonds. The lowest BCUT2D eigenvalue weighted by Gasteiger charge is -2.23. The summed E-state index contributed by atoms with van der Waals surface area (Å²) < 4.78 is 4.59. The van der Waals surface area contributed by atoms with Crippen LogP contribution in [-0.4, -0.2) is 42.1 Å². The summed E-state index contributed by atoms with van der Waals surface area (Å²) in [6.07, 6.45) is 0.175. The molecule has 0 rings (SSSR count). The highest BCUT2D eigenvalue weighted by molar-refractivity contribution is 5.89. The van der Waals surface area contributed by atoms with Gasteiger partial charge in [0.2, 0.25) is 5.91 Å². The standard InChI is InChI=1S/C11H20N2O5/c1-4-6(2)9(11(17)18-3)13-10(16)7(12)5-8(14)15/h6-7,9H,4-5,12H2,1-3H3,(H,13,16)(H,14,15)/t6-,7-,9-/m0/s1. The van der Waals surface area contributed by atoms with Gasteiger partial charge in [0, 0.05) is 0 Å². The highest BCUT2D eigenvalue weighted by Crippen LogP contribution is 2.09. The Morgan fingerprint density at radius 2 is 1.94 bits per heavy atom. The number of methoxy groups -OCH3 is 1. The second-order valence-electron chi connectivity index (χ2n) is 4.10. The van der Waals surface area contributed by atoms with Crippen molar-refractivity contribution in [3.63, 3.8) is 0 Å². The third-order valence-corrected chi connectivity index (χ3v) is 2.70. The first-order valence-corrected chi connectivity index (χ1v) is 5.69. The number of nitrogens with two attached hydrogens (primary N) is 1. The van der Waals surface area contributed by atoms with Crippen molar-refractivity contribution >= 4 is 17.8 Å². The third-order valence-electron chi connectivity index (χ3n) is 2.70. The fourth-order valence-corrected chi connectivity index (χ4v) is 1.34. The van der Waals surface area contributed by atoms with Gasteiger partial charge < -0.3 is 20.9 Å². The predicted molar refractivity (Wildman–Crippen MR) is 63.6 cm³/mol. The molecule has 0 heterocycles. The van der Waals surface area contributed by atoms with Crippen LogP contribution in [0.5, 0.6) is 0 Å². The zero-order valence-electron chi connectivity index (χ0n) is 10.8. The summed E-state index contributed by atoms with van der Waals surface area (Å²) in [6, 6.07) is -1.99. The van der Waals surface area contributed by atoms with Crippen LogP contribution in [-0.2, 0) is 19.1 Å². The van der Waals surface area contributed by atoms with Crippen LogP contribution in [0, 0.1) is 5.92 Å². The molecular weight excluding hydrogens is 240 g/mol. The molecule has 0 aliphatic carbocycles. The Balaban J connectivity index is 4.62. The Morgan fingerprint density at radius 1 is 1.39 bits per heavy atom. The number of carboxylic acids is 1. The second-order valence-corrected chi connectivity index (χ2v) is 4.10. The monoisotopic (exact) mass is 260 g/mol. The molecule has 4 N–H and O–H groups in total. The van der Waals surface area contributed by atoms with Crippen LogP contribution in [0.15, 0.2) is 0 Å². The van der Waals surface area contributed by atoms with Crippen molar-refractivity contribution in [2.24, 2.45) is 11.7 Å². The molecule has 0 radical (unpaired) electrons. The molecule has 18 heavy (non-hydrogen) atoms. The largest absolute Gasteiger partial charge is 0.481 e. The maximum absolute atomic E-state index is 11.6. The van der Waals surface area contributed by atoms with Crippen LogP contribution in [0.2, 0.25) is 0 Å². The number of hydrogen-bond donors (Lipinski definition) is 3. The van der Waals surface area contributed by atoms with E-state index in [0.29, 0.717) is 6.42 Å². The summed E-state index contributed by atoms with van der Waals surface area (Å²) in [7, 11) is 1.22. The number of ether oxygens (including phenoxy) is 1. The molecule has 0 fully saturated rings. The maximum Gasteiger partial charge on any atom is 0.328 e. The number of carboxylic acid groups (broad SMARTS) is 1.